The van der Waals surface area contributed by atoms with Gasteiger partial charge < -0.3 is 14.8 Å². The van der Waals surface area contributed by atoms with Gasteiger partial charge in [-0.25, -0.2) is 0 Å². The zero-order valence-electron chi connectivity index (χ0n) is 12.7. The zero-order chi connectivity index (χ0) is 14.2. The number of hydrogen-bond acceptors (Lipinski definition) is 3. The monoisotopic (exact) mass is 277 g/mol. The lowest BCUT2D eigenvalue weighted by molar-refractivity contribution is 0.232. The molecule has 0 radical (unpaired) electrons. The van der Waals surface area contributed by atoms with Crippen LogP contribution in [0.2, 0.25) is 0 Å². The van der Waals surface area contributed by atoms with Crippen LogP contribution in [0, 0.1) is 11.8 Å². The minimum atomic E-state index is 0.751. The molecule has 3 heteroatoms. The molecule has 0 spiro atoms. The Labute approximate surface area is 122 Å². The third-order valence-electron chi connectivity index (χ3n) is 4.35. The van der Waals surface area contributed by atoms with E-state index in [-0.39, 0.29) is 0 Å². The Hall–Kier alpha value is -1.22. The molecule has 0 bridgehead atoms. The van der Waals surface area contributed by atoms with Crippen molar-refractivity contribution in [2.75, 3.05) is 27.3 Å². The Kier molecular flexibility index (Phi) is 6.19. The second-order valence-corrected chi connectivity index (χ2v) is 5.67. The fourth-order valence-electron chi connectivity index (χ4n) is 3.20. The summed E-state index contributed by atoms with van der Waals surface area (Å²) < 4.78 is 11.0. The van der Waals surface area contributed by atoms with Crippen molar-refractivity contribution in [3.8, 4) is 11.5 Å². The van der Waals surface area contributed by atoms with E-state index in [1.54, 1.807) is 7.11 Å². The maximum absolute atomic E-state index is 5.86. The van der Waals surface area contributed by atoms with Crippen molar-refractivity contribution < 1.29 is 9.47 Å². The molecule has 3 nitrogen and oxygen atoms in total. The van der Waals surface area contributed by atoms with E-state index in [4.69, 9.17) is 9.47 Å². The summed E-state index contributed by atoms with van der Waals surface area (Å²) in [7, 11) is 3.73. The molecular formula is C17H27NO2. The van der Waals surface area contributed by atoms with E-state index in [0.29, 0.717) is 0 Å². The molecular weight excluding hydrogens is 250 g/mol. The number of benzene rings is 1. The van der Waals surface area contributed by atoms with Gasteiger partial charge in [0.15, 0.2) is 0 Å². The number of ether oxygens (including phenoxy) is 2. The number of nitrogens with one attached hydrogen (secondary N) is 1. The Morgan fingerprint density at radius 2 is 1.80 bits per heavy atom. The van der Waals surface area contributed by atoms with Crippen molar-refractivity contribution in [3.63, 3.8) is 0 Å². The predicted octanol–water partition coefficient (Wildman–Crippen LogP) is 3.49. The van der Waals surface area contributed by atoms with Gasteiger partial charge in [-0.15, -0.1) is 0 Å². The molecule has 1 unspecified atom stereocenters. The summed E-state index contributed by atoms with van der Waals surface area (Å²) in [5, 5.41) is 3.34. The van der Waals surface area contributed by atoms with E-state index in [9.17, 15) is 0 Å². The van der Waals surface area contributed by atoms with Crippen LogP contribution in [0.1, 0.15) is 32.1 Å². The third-order valence-corrected chi connectivity index (χ3v) is 4.35. The average molecular weight is 277 g/mol. The third kappa shape index (κ3) is 4.41. The first-order valence-electron chi connectivity index (χ1n) is 7.75. The summed E-state index contributed by atoms with van der Waals surface area (Å²) >= 11 is 0. The quantitative estimate of drug-likeness (QED) is 0.789. The summed E-state index contributed by atoms with van der Waals surface area (Å²) in [4.78, 5) is 0. The number of hydrogen-bond donors (Lipinski definition) is 1. The van der Waals surface area contributed by atoms with Crippen LogP contribution >= 0.6 is 0 Å². The number of rotatable bonds is 8. The van der Waals surface area contributed by atoms with E-state index < -0.39 is 0 Å². The highest BCUT2D eigenvalue weighted by atomic mass is 16.5. The highest BCUT2D eigenvalue weighted by molar-refractivity contribution is 5.31. The smallest absolute Gasteiger partial charge is 0.119 e. The van der Waals surface area contributed by atoms with E-state index in [1.807, 2.05) is 31.3 Å². The van der Waals surface area contributed by atoms with Crippen molar-refractivity contribution in [1.29, 1.82) is 0 Å². The topological polar surface area (TPSA) is 30.5 Å². The molecule has 0 saturated heterocycles. The van der Waals surface area contributed by atoms with Crippen LogP contribution in [0.5, 0.6) is 11.5 Å². The second-order valence-electron chi connectivity index (χ2n) is 5.67. The first-order valence-corrected chi connectivity index (χ1v) is 7.75. The zero-order valence-corrected chi connectivity index (χ0v) is 12.7. The maximum atomic E-state index is 5.86. The molecule has 1 saturated carbocycles. The lowest BCUT2D eigenvalue weighted by Crippen LogP contribution is -2.26. The predicted molar refractivity (Wildman–Crippen MR) is 82.5 cm³/mol. The molecule has 112 valence electrons. The van der Waals surface area contributed by atoms with E-state index >= 15 is 0 Å². The van der Waals surface area contributed by atoms with Gasteiger partial charge in [-0.2, -0.15) is 0 Å². The van der Waals surface area contributed by atoms with Crippen molar-refractivity contribution in [1.82, 2.24) is 5.32 Å². The molecule has 20 heavy (non-hydrogen) atoms. The minimum absolute atomic E-state index is 0.751. The second kappa shape index (κ2) is 8.15. The Morgan fingerprint density at radius 1 is 1.15 bits per heavy atom. The van der Waals surface area contributed by atoms with Gasteiger partial charge in [0.1, 0.15) is 11.5 Å². The Morgan fingerprint density at radius 3 is 2.40 bits per heavy atom. The molecule has 0 aromatic heterocycles. The normalized spacial score (nSPS) is 17.1. The molecule has 2 rings (SSSR count). The van der Waals surface area contributed by atoms with Gasteiger partial charge >= 0.3 is 0 Å². The molecule has 1 N–H and O–H groups in total. The molecule has 0 aliphatic heterocycles. The van der Waals surface area contributed by atoms with Crippen molar-refractivity contribution >= 4 is 0 Å². The fourth-order valence-corrected chi connectivity index (χ4v) is 3.20. The molecule has 1 aliphatic rings. The van der Waals surface area contributed by atoms with Crippen molar-refractivity contribution in [3.05, 3.63) is 24.3 Å². The maximum Gasteiger partial charge on any atom is 0.119 e. The van der Waals surface area contributed by atoms with Crippen LogP contribution in [0.25, 0.3) is 0 Å². The van der Waals surface area contributed by atoms with Gasteiger partial charge in [0, 0.05) is 0 Å². The van der Waals surface area contributed by atoms with Gasteiger partial charge in [-0.05, 0) is 56.1 Å². The summed E-state index contributed by atoms with van der Waals surface area (Å²) in [6.45, 7) is 1.91. The van der Waals surface area contributed by atoms with Crippen LogP contribution in [0.3, 0.4) is 0 Å². The molecule has 1 aromatic rings. The summed E-state index contributed by atoms with van der Waals surface area (Å²) in [5.74, 6) is 3.44. The van der Waals surface area contributed by atoms with Gasteiger partial charge in [0.2, 0.25) is 0 Å². The Balaban J connectivity index is 1.76. The van der Waals surface area contributed by atoms with Crippen molar-refractivity contribution in [2.45, 2.75) is 32.1 Å². The number of methoxy groups -OCH3 is 1. The molecule has 1 atom stereocenters. The summed E-state index contributed by atoms with van der Waals surface area (Å²) in [5.41, 5.74) is 0. The van der Waals surface area contributed by atoms with E-state index in [2.05, 4.69) is 5.32 Å². The van der Waals surface area contributed by atoms with Crippen LogP contribution in [-0.2, 0) is 0 Å². The lowest BCUT2D eigenvalue weighted by atomic mass is 9.88. The first kappa shape index (κ1) is 15.2. The highest BCUT2D eigenvalue weighted by Crippen LogP contribution is 2.33. The van der Waals surface area contributed by atoms with Crippen LogP contribution in [0.4, 0.5) is 0 Å². The largest absolute Gasteiger partial charge is 0.497 e. The first-order chi connectivity index (χ1) is 9.83. The van der Waals surface area contributed by atoms with Crippen LogP contribution in [-0.4, -0.2) is 27.3 Å². The molecule has 1 aromatic carbocycles. The van der Waals surface area contributed by atoms with Crippen LogP contribution in [0.15, 0.2) is 24.3 Å². The lowest BCUT2D eigenvalue weighted by Gasteiger charge is -2.23. The molecule has 1 fully saturated rings. The molecule has 0 amide bonds. The van der Waals surface area contributed by atoms with Gasteiger partial charge in [-0.1, -0.05) is 25.7 Å². The Bertz CT molecular complexity index is 371. The standard InChI is InChI=1S/C17H27NO2/c1-18-13-15(14-5-3-4-6-14)11-12-20-17-9-7-16(19-2)8-10-17/h7-10,14-15,18H,3-6,11-13H2,1-2H3. The minimum Gasteiger partial charge on any atom is -0.497 e. The summed E-state index contributed by atoms with van der Waals surface area (Å²) in [6.07, 6.45) is 6.75. The van der Waals surface area contributed by atoms with Gasteiger partial charge in [-0.3, -0.25) is 0 Å². The average Bonchev–Trinajstić information content (AvgIpc) is 3.01. The van der Waals surface area contributed by atoms with E-state index in [0.717, 1.165) is 42.9 Å². The van der Waals surface area contributed by atoms with E-state index in [1.165, 1.54) is 25.7 Å². The highest BCUT2D eigenvalue weighted by Gasteiger charge is 2.24. The fraction of sp³-hybridized carbons (Fsp3) is 0.647. The van der Waals surface area contributed by atoms with Gasteiger partial charge in [0.25, 0.3) is 0 Å². The molecule has 0 heterocycles. The van der Waals surface area contributed by atoms with Crippen LogP contribution < -0.4 is 14.8 Å². The molecule has 1 aliphatic carbocycles. The summed E-state index contributed by atoms with van der Waals surface area (Å²) in [6, 6.07) is 7.83. The van der Waals surface area contributed by atoms with Crippen molar-refractivity contribution in [2.24, 2.45) is 11.8 Å². The van der Waals surface area contributed by atoms with Gasteiger partial charge in [0.05, 0.1) is 13.7 Å². The SMILES string of the molecule is CNCC(CCOc1ccc(OC)cc1)C1CCCC1.